The monoisotopic (exact) mass is 257 g/mol. The van der Waals surface area contributed by atoms with Crippen LogP contribution in [0.15, 0.2) is 23.1 Å². The van der Waals surface area contributed by atoms with Gasteiger partial charge in [0.1, 0.15) is 5.82 Å². The normalized spacial score (nSPS) is 10.3. The topological polar surface area (TPSA) is 38.3 Å². The molecule has 1 aromatic carbocycles. The summed E-state index contributed by atoms with van der Waals surface area (Å²) in [4.78, 5) is 11.8. The minimum Gasteiger partial charge on any atom is -0.468 e. The zero-order valence-electron chi connectivity index (χ0n) is 9.96. The molecule has 94 valence electrons. The van der Waals surface area contributed by atoms with E-state index in [0.29, 0.717) is 12.1 Å². The van der Waals surface area contributed by atoms with Gasteiger partial charge in [0.05, 0.1) is 12.9 Å². The first-order chi connectivity index (χ1) is 8.19. The molecule has 0 aliphatic rings. The van der Waals surface area contributed by atoms with Crippen molar-refractivity contribution >= 4 is 17.7 Å². The van der Waals surface area contributed by atoms with Gasteiger partial charge >= 0.3 is 5.97 Å². The first kappa shape index (κ1) is 14.0. The van der Waals surface area contributed by atoms with Crippen LogP contribution in [0, 0.1) is 5.82 Å². The number of nitrogens with one attached hydrogen (secondary N) is 1. The van der Waals surface area contributed by atoms with Gasteiger partial charge in [-0.2, -0.15) is 0 Å². The number of methoxy groups -OCH3 is 1. The third-order valence-electron chi connectivity index (χ3n) is 2.20. The number of carbonyl (C=O) groups is 1. The SMILES string of the molecule is CCNCc1c(F)cccc1SCC(=O)OC. The highest BCUT2D eigenvalue weighted by Gasteiger charge is 2.10. The van der Waals surface area contributed by atoms with Crippen molar-refractivity contribution in [2.24, 2.45) is 0 Å². The van der Waals surface area contributed by atoms with Gasteiger partial charge in [-0.05, 0) is 18.7 Å². The van der Waals surface area contributed by atoms with Gasteiger partial charge in [-0.15, -0.1) is 11.8 Å². The van der Waals surface area contributed by atoms with Crippen LogP contribution in [-0.4, -0.2) is 25.4 Å². The number of rotatable bonds is 6. The molecule has 0 heterocycles. The zero-order valence-corrected chi connectivity index (χ0v) is 10.8. The van der Waals surface area contributed by atoms with Crippen molar-refractivity contribution in [3.8, 4) is 0 Å². The summed E-state index contributed by atoms with van der Waals surface area (Å²) in [5, 5.41) is 3.08. The predicted molar refractivity (Wildman–Crippen MR) is 66.5 cm³/mol. The number of carbonyl (C=O) groups excluding carboxylic acids is 1. The quantitative estimate of drug-likeness (QED) is 0.626. The van der Waals surface area contributed by atoms with Crippen molar-refractivity contribution in [1.82, 2.24) is 5.32 Å². The lowest BCUT2D eigenvalue weighted by Gasteiger charge is -2.10. The van der Waals surface area contributed by atoms with E-state index in [9.17, 15) is 9.18 Å². The van der Waals surface area contributed by atoms with Crippen LogP contribution in [0.5, 0.6) is 0 Å². The van der Waals surface area contributed by atoms with Crippen LogP contribution >= 0.6 is 11.8 Å². The van der Waals surface area contributed by atoms with Crippen molar-refractivity contribution in [3.05, 3.63) is 29.6 Å². The zero-order chi connectivity index (χ0) is 12.7. The molecule has 17 heavy (non-hydrogen) atoms. The molecule has 1 N–H and O–H groups in total. The van der Waals surface area contributed by atoms with Gasteiger partial charge in [0.15, 0.2) is 0 Å². The maximum Gasteiger partial charge on any atom is 0.315 e. The Labute approximate surface area is 105 Å². The summed E-state index contributed by atoms with van der Waals surface area (Å²) >= 11 is 1.29. The number of esters is 1. The van der Waals surface area contributed by atoms with E-state index in [2.05, 4.69) is 10.1 Å². The van der Waals surface area contributed by atoms with E-state index in [1.807, 2.05) is 13.0 Å². The lowest BCUT2D eigenvalue weighted by molar-refractivity contribution is -0.137. The highest BCUT2D eigenvalue weighted by molar-refractivity contribution is 8.00. The molecule has 0 bridgehead atoms. The minimum absolute atomic E-state index is 0.194. The molecular formula is C12H16FNO2S. The molecule has 5 heteroatoms. The summed E-state index contributed by atoms with van der Waals surface area (Å²) in [6.07, 6.45) is 0. The Morgan fingerprint density at radius 1 is 1.53 bits per heavy atom. The third kappa shape index (κ3) is 4.36. The Morgan fingerprint density at radius 2 is 2.29 bits per heavy atom. The highest BCUT2D eigenvalue weighted by Crippen LogP contribution is 2.24. The van der Waals surface area contributed by atoms with E-state index in [-0.39, 0.29) is 17.5 Å². The molecule has 1 rings (SSSR count). The van der Waals surface area contributed by atoms with Crippen molar-refractivity contribution in [2.45, 2.75) is 18.4 Å². The number of ether oxygens (including phenoxy) is 1. The maximum atomic E-state index is 13.6. The highest BCUT2D eigenvalue weighted by atomic mass is 32.2. The fraction of sp³-hybridized carbons (Fsp3) is 0.417. The van der Waals surface area contributed by atoms with E-state index in [4.69, 9.17) is 0 Å². The average molecular weight is 257 g/mol. The van der Waals surface area contributed by atoms with Gasteiger partial charge in [-0.3, -0.25) is 4.79 Å². The second-order valence-electron chi connectivity index (χ2n) is 3.36. The van der Waals surface area contributed by atoms with Crippen LogP contribution in [0.2, 0.25) is 0 Å². The summed E-state index contributed by atoms with van der Waals surface area (Å²) in [5.74, 6) is -0.367. The van der Waals surface area contributed by atoms with Crippen molar-refractivity contribution < 1.29 is 13.9 Å². The van der Waals surface area contributed by atoms with Gasteiger partial charge in [-0.1, -0.05) is 13.0 Å². The van der Waals surface area contributed by atoms with Crippen LogP contribution < -0.4 is 5.32 Å². The van der Waals surface area contributed by atoms with Gasteiger partial charge in [0.2, 0.25) is 0 Å². The lowest BCUT2D eigenvalue weighted by atomic mass is 10.2. The molecule has 0 spiro atoms. The molecule has 0 atom stereocenters. The first-order valence-electron chi connectivity index (χ1n) is 5.36. The second kappa shape index (κ2) is 7.29. The standard InChI is InChI=1S/C12H16FNO2S/c1-3-14-7-9-10(13)5-4-6-11(9)17-8-12(15)16-2/h4-6,14H,3,7-8H2,1-2H3. The van der Waals surface area contributed by atoms with Crippen molar-refractivity contribution in [3.63, 3.8) is 0 Å². The van der Waals surface area contributed by atoms with E-state index < -0.39 is 0 Å². The molecule has 1 aromatic rings. The Bertz CT molecular complexity index is 385. The van der Waals surface area contributed by atoms with Gasteiger partial charge in [0.25, 0.3) is 0 Å². The fourth-order valence-electron chi connectivity index (χ4n) is 1.29. The van der Waals surface area contributed by atoms with Crippen molar-refractivity contribution in [1.29, 1.82) is 0 Å². The number of halogens is 1. The smallest absolute Gasteiger partial charge is 0.315 e. The number of thioether (sulfide) groups is 1. The Hall–Kier alpha value is -1.07. The van der Waals surface area contributed by atoms with Gasteiger partial charge < -0.3 is 10.1 Å². The fourth-order valence-corrected chi connectivity index (χ4v) is 2.20. The summed E-state index contributed by atoms with van der Waals surface area (Å²) in [6, 6.07) is 4.88. The summed E-state index contributed by atoms with van der Waals surface area (Å²) in [6.45, 7) is 3.20. The minimum atomic E-state index is -0.311. The molecule has 0 aromatic heterocycles. The van der Waals surface area contributed by atoms with Gasteiger partial charge in [-0.25, -0.2) is 4.39 Å². The van der Waals surface area contributed by atoms with E-state index in [0.717, 1.165) is 11.4 Å². The average Bonchev–Trinajstić information content (AvgIpc) is 2.34. The van der Waals surface area contributed by atoms with E-state index in [1.165, 1.54) is 24.9 Å². The van der Waals surface area contributed by atoms with Crippen molar-refractivity contribution in [2.75, 3.05) is 19.4 Å². The van der Waals surface area contributed by atoms with Crippen LogP contribution in [-0.2, 0) is 16.1 Å². The Morgan fingerprint density at radius 3 is 2.94 bits per heavy atom. The van der Waals surface area contributed by atoms with E-state index >= 15 is 0 Å². The molecule has 0 saturated heterocycles. The molecule has 0 saturated carbocycles. The third-order valence-corrected chi connectivity index (χ3v) is 3.27. The Kier molecular flexibility index (Phi) is 6.00. The predicted octanol–water partition coefficient (Wildman–Crippen LogP) is 2.20. The van der Waals surface area contributed by atoms with Gasteiger partial charge in [0, 0.05) is 17.0 Å². The van der Waals surface area contributed by atoms with Crippen LogP contribution in [0.1, 0.15) is 12.5 Å². The molecule has 0 fully saturated rings. The van der Waals surface area contributed by atoms with Crippen LogP contribution in [0.3, 0.4) is 0 Å². The van der Waals surface area contributed by atoms with Crippen LogP contribution in [0.25, 0.3) is 0 Å². The summed E-state index contributed by atoms with van der Waals surface area (Å²) in [7, 11) is 1.34. The van der Waals surface area contributed by atoms with E-state index in [1.54, 1.807) is 6.07 Å². The second-order valence-corrected chi connectivity index (χ2v) is 4.38. The molecule has 0 aliphatic carbocycles. The molecule has 0 aliphatic heterocycles. The molecule has 0 amide bonds. The maximum absolute atomic E-state index is 13.6. The molecule has 0 unspecified atom stereocenters. The Balaban J connectivity index is 2.75. The number of hydrogen-bond donors (Lipinski definition) is 1. The largest absolute Gasteiger partial charge is 0.468 e. The van der Waals surface area contributed by atoms with Crippen LogP contribution in [0.4, 0.5) is 4.39 Å². The first-order valence-corrected chi connectivity index (χ1v) is 6.35. The number of benzene rings is 1. The molecular weight excluding hydrogens is 241 g/mol. The summed E-state index contributed by atoms with van der Waals surface area (Å²) < 4.78 is 18.2. The number of hydrogen-bond acceptors (Lipinski definition) is 4. The molecule has 3 nitrogen and oxygen atoms in total. The molecule has 0 radical (unpaired) electrons. The lowest BCUT2D eigenvalue weighted by Crippen LogP contribution is -2.14. The summed E-state index contributed by atoms with van der Waals surface area (Å²) in [5.41, 5.74) is 0.600.